The molecule has 5 heteroatoms. The van der Waals surface area contributed by atoms with Gasteiger partial charge >= 0.3 is 0 Å². The third kappa shape index (κ3) is 2.24. The molecule has 19 heavy (non-hydrogen) atoms. The fourth-order valence-corrected chi connectivity index (χ4v) is 2.14. The highest BCUT2D eigenvalue weighted by atomic mass is 16.3. The molecule has 0 unspecified atom stereocenters. The first-order chi connectivity index (χ1) is 9.13. The highest BCUT2D eigenvalue weighted by Gasteiger charge is 2.26. The molecule has 1 fully saturated rings. The van der Waals surface area contributed by atoms with E-state index in [1.165, 1.54) is 0 Å². The van der Waals surface area contributed by atoms with E-state index in [1.54, 1.807) is 18.2 Å². The first-order valence-corrected chi connectivity index (χ1v) is 6.20. The van der Waals surface area contributed by atoms with Crippen LogP contribution in [0.3, 0.4) is 0 Å². The lowest BCUT2D eigenvalue weighted by molar-refractivity contribution is 0.141. The number of hydrogen-bond acceptors (Lipinski definition) is 5. The van der Waals surface area contributed by atoms with Crippen molar-refractivity contribution in [3.63, 3.8) is 0 Å². The maximum atomic E-state index is 9.86. The number of phenols is 1. The summed E-state index contributed by atoms with van der Waals surface area (Å²) in [5.74, 6) is 1.47. The Labute approximate surface area is 111 Å². The van der Waals surface area contributed by atoms with Gasteiger partial charge in [-0.3, -0.25) is 0 Å². The molecule has 0 spiro atoms. The topological polar surface area (TPSA) is 69.5 Å². The average molecular weight is 257 g/mol. The molecule has 1 aliphatic rings. The summed E-state index contributed by atoms with van der Waals surface area (Å²) in [6, 6.07) is 8.90. The molecular weight excluding hydrogens is 242 g/mol. The van der Waals surface area contributed by atoms with Crippen molar-refractivity contribution in [3.05, 3.63) is 36.0 Å². The van der Waals surface area contributed by atoms with Crippen molar-refractivity contribution in [2.24, 2.45) is 0 Å². The summed E-state index contributed by atoms with van der Waals surface area (Å²) in [7, 11) is 0. The fraction of sp³-hybridized carbons (Fsp3) is 0.286. The number of aliphatic hydroxyl groups is 1. The van der Waals surface area contributed by atoms with Crippen LogP contribution in [0, 0.1) is 6.92 Å². The first-order valence-electron chi connectivity index (χ1n) is 6.20. The van der Waals surface area contributed by atoms with E-state index in [2.05, 4.69) is 9.97 Å². The summed E-state index contributed by atoms with van der Waals surface area (Å²) >= 11 is 0. The standard InChI is InChI=1S/C14H15N3O2/c1-9-6-13(17-7-10(18)8-17)16-14(15-9)11-4-2-3-5-12(11)19/h2-6,10,18-19H,7-8H2,1H3. The van der Waals surface area contributed by atoms with E-state index in [-0.39, 0.29) is 11.9 Å². The number of aliphatic hydroxyl groups excluding tert-OH is 1. The largest absolute Gasteiger partial charge is 0.507 e. The summed E-state index contributed by atoms with van der Waals surface area (Å²) < 4.78 is 0. The van der Waals surface area contributed by atoms with Crippen LogP contribution in [0.15, 0.2) is 30.3 Å². The molecule has 5 nitrogen and oxygen atoms in total. The summed E-state index contributed by atoms with van der Waals surface area (Å²) in [5, 5.41) is 19.2. The average Bonchev–Trinajstić information content (AvgIpc) is 2.35. The molecule has 2 N–H and O–H groups in total. The number of benzene rings is 1. The Hall–Kier alpha value is -2.14. The Balaban J connectivity index is 2.01. The third-order valence-corrected chi connectivity index (χ3v) is 3.17. The third-order valence-electron chi connectivity index (χ3n) is 3.17. The second-order valence-corrected chi connectivity index (χ2v) is 4.77. The lowest BCUT2D eigenvalue weighted by Crippen LogP contribution is -2.51. The van der Waals surface area contributed by atoms with Gasteiger partial charge in [-0.1, -0.05) is 12.1 Å². The number of para-hydroxylation sites is 1. The Morgan fingerprint density at radius 2 is 1.95 bits per heavy atom. The molecule has 0 radical (unpaired) electrons. The highest BCUT2D eigenvalue weighted by Crippen LogP contribution is 2.28. The Bertz CT molecular complexity index is 609. The van der Waals surface area contributed by atoms with E-state index >= 15 is 0 Å². The lowest BCUT2D eigenvalue weighted by atomic mass is 10.1. The summed E-state index contributed by atoms with van der Waals surface area (Å²) in [4.78, 5) is 10.8. The van der Waals surface area contributed by atoms with E-state index in [0.29, 0.717) is 24.5 Å². The first kappa shape index (κ1) is 11.9. The molecule has 0 atom stereocenters. The molecule has 1 aromatic heterocycles. The summed E-state index contributed by atoms with van der Waals surface area (Å²) in [5.41, 5.74) is 1.46. The number of phenolic OH excluding ortho intramolecular Hbond substituents is 1. The number of hydrogen-bond donors (Lipinski definition) is 2. The second-order valence-electron chi connectivity index (χ2n) is 4.77. The van der Waals surface area contributed by atoms with Crippen LogP contribution < -0.4 is 4.90 Å². The Morgan fingerprint density at radius 3 is 2.63 bits per heavy atom. The number of anilines is 1. The minimum absolute atomic E-state index is 0.169. The van der Waals surface area contributed by atoms with Gasteiger partial charge in [0.05, 0.1) is 11.7 Å². The van der Waals surface area contributed by atoms with Crippen LogP contribution in [0.5, 0.6) is 5.75 Å². The fourth-order valence-electron chi connectivity index (χ4n) is 2.14. The van der Waals surface area contributed by atoms with Crippen LogP contribution >= 0.6 is 0 Å². The maximum Gasteiger partial charge on any atom is 0.165 e. The van der Waals surface area contributed by atoms with Crippen LogP contribution in [0.4, 0.5) is 5.82 Å². The van der Waals surface area contributed by atoms with Crippen molar-refractivity contribution in [2.45, 2.75) is 13.0 Å². The minimum atomic E-state index is -0.274. The predicted molar refractivity (Wildman–Crippen MR) is 72.1 cm³/mol. The van der Waals surface area contributed by atoms with E-state index in [1.807, 2.05) is 24.0 Å². The highest BCUT2D eigenvalue weighted by molar-refractivity contribution is 5.65. The maximum absolute atomic E-state index is 9.86. The van der Waals surface area contributed by atoms with E-state index in [4.69, 9.17) is 0 Å². The molecule has 0 saturated carbocycles. The van der Waals surface area contributed by atoms with Gasteiger partial charge in [0.25, 0.3) is 0 Å². The molecule has 0 aliphatic carbocycles. The number of aromatic nitrogens is 2. The zero-order chi connectivity index (χ0) is 13.4. The SMILES string of the molecule is Cc1cc(N2CC(O)C2)nc(-c2ccccc2O)n1. The van der Waals surface area contributed by atoms with E-state index < -0.39 is 0 Å². The van der Waals surface area contributed by atoms with Gasteiger partial charge < -0.3 is 15.1 Å². The van der Waals surface area contributed by atoms with Crippen molar-refractivity contribution in [3.8, 4) is 17.1 Å². The summed E-state index contributed by atoms with van der Waals surface area (Å²) in [6.07, 6.45) is -0.274. The van der Waals surface area contributed by atoms with Gasteiger partial charge in [0.15, 0.2) is 5.82 Å². The molecule has 0 bridgehead atoms. The molecule has 3 rings (SSSR count). The zero-order valence-electron chi connectivity index (χ0n) is 10.6. The monoisotopic (exact) mass is 257 g/mol. The number of nitrogens with zero attached hydrogens (tertiary/aromatic N) is 3. The van der Waals surface area contributed by atoms with Crippen LogP contribution in [-0.2, 0) is 0 Å². The van der Waals surface area contributed by atoms with E-state index in [9.17, 15) is 10.2 Å². The normalized spacial score (nSPS) is 15.4. The molecule has 1 aliphatic heterocycles. The number of rotatable bonds is 2. The molecular formula is C14H15N3O2. The smallest absolute Gasteiger partial charge is 0.165 e. The van der Waals surface area contributed by atoms with Gasteiger partial charge in [-0.25, -0.2) is 9.97 Å². The van der Waals surface area contributed by atoms with Crippen molar-refractivity contribution in [2.75, 3.05) is 18.0 Å². The quantitative estimate of drug-likeness (QED) is 0.849. The van der Waals surface area contributed by atoms with Crippen LogP contribution in [0.2, 0.25) is 0 Å². The van der Waals surface area contributed by atoms with Crippen molar-refractivity contribution in [1.29, 1.82) is 0 Å². The molecule has 1 aromatic carbocycles. The minimum Gasteiger partial charge on any atom is -0.507 e. The van der Waals surface area contributed by atoms with Crippen molar-refractivity contribution in [1.82, 2.24) is 9.97 Å². The van der Waals surface area contributed by atoms with Gasteiger partial charge in [0, 0.05) is 24.8 Å². The number of aromatic hydroxyl groups is 1. The van der Waals surface area contributed by atoms with Gasteiger partial charge in [-0.15, -0.1) is 0 Å². The molecule has 2 heterocycles. The van der Waals surface area contributed by atoms with Crippen molar-refractivity contribution >= 4 is 5.82 Å². The molecule has 1 saturated heterocycles. The van der Waals surface area contributed by atoms with Gasteiger partial charge in [-0.05, 0) is 19.1 Å². The van der Waals surface area contributed by atoms with Crippen LogP contribution in [0.1, 0.15) is 5.69 Å². The molecule has 2 aromatic rings. The predicted octanol–water partition coefficient (Wildman–Crippen LogP) is 1.34. The van der Waals surface area contributed by atoms with Gasteiger partial charge in [-0.2, -0.15) is 0 Å². The molecule has 98 valence electrons. The van der Waals surface area contributed by atoms with Gasteiger partial charge in [0.1, 0.15) is 11.6 Å². The lowest BCUT2D eigenvalue weighted by Gasteiger charge is -2.37. The molecule has 0 amide bonds. The number of aryl methyl sites for hydroxylation is 1. The summed E-state index contributed by atoms with van der Waals surface area (Å²) in [6.45, 7) is 3.08. The van der Waals surface area contributed by atoms with E-state index in [0.717, 1.165) is 11.5 Å². The Kier molecular flexibility index (Phi) is 2.83. The van der Waals surface area contributed by atoms with Crippen LogP contribution in [0.25, 0.3) is 11.4 Å². The Morgan fingerprint density at radius 1 is 1.21 bits per heavy atom. The van der Waals surface area contributed by atoms with Gasteiger partial charge in [0.2, 0.25) is 0 Å². The number of β-amino-alcohol motifs (C(OH)–C–C–N with tert-alkyl or cyclic N) is 1. The van der Waals surface area contributed by atoms with Crippen LogP contribution in [-0.4, -0.2) is 39.4 Å². The van der Waals surface area contributed by atoms with Crippen molar-refractivity contribution < 1.29 is 10.2 Å². The second kappa shape index (κ2) is 4.51. The zero-order valence-corrected chi connectivity index (χ0v) is 10.6.